The van der Waals surface area contributed by atoms with Gasteiger partial charge in [-0.2, -0.15) is 0 Å². The molecule has 0 saturated heterocycles. The van der Waals surface area contributed by atoms with Crippen LogP contribution in [0.2, 0.25) is 0 Å². The molecule has 0 aliphatic carbocycles. The molecule has 0 saturated carbocycles. The van der Waals surface area contributed by atoms with Crippen LogP contribution in [0.5, 0.6) is 5.75 Å². The van der Waals surface area contributed by atoms with Crippen LogP contribution in [0.1, 0.15) is 16.9 Å². The monoisotopic (exact) mass is 330 g/mol. The fourth-order valence-electron chi connectivity index (χ4n) is 3.35. The van der Waals surface area contributed by atoms with Crippen LogP contribution < -0.4 is 0 Å². The summed E-state index contributed by atoms with van der Waals surface area (Å²) in [6.45, 7) is 0. The Morgan fingerprint density at radius 3 is 1.92 bits per heavy atom. The first-order valence-electron chi connectivity index (χ1n) is 8.14. The molecule has 1 aromatic heterocycles. The van der Waals surface area contributed by atoms with Crippen molar-refractivity contribution in [1.29, 1.82) is 0 Å². The number of hydrogen-bond acceptors (Lipinski definition) is 3. The number of benzene rings is 3. The Hall–Kier alpha value is -3.04. The van der Waals surface area contributed by atoms with Gasteiger partial charge in [0.15, 0.2) is 16.9 Å². The van der Waals surface area contributed by atoms with E-state index in [0.29, 0.717) is 11.3 Å². The molecule has 0 atom stereocenters. The van der Waals surface area contributed by atoms with E-state index >= 15 is 0 Å². The number of phenolic OH excluding ortho intramolecular Hbond substituents is 1. The lowest BCUT2D eigenvalue weighted by molar-refractivity contribution is 0.0407. The highest BCUT2D eigenvalue weighted by atomic mass is 16.5. The topological polar surface area (TPSA) is 42.6 Å². The molecule has 0 amide bonds. The van der Waals surface area contributed by atoms with E-state index in [1.807, 2.05) is 72.8 Å². The van der Waals surface area contributed by atoms with E-state index in [-0.39, 0.29) is 5.75 Å². The summed E-state index contributed by atoms with van der Waals surface area (Å²) in [4.78, 5) is 0. The predicted octanol–water partition coefficient (Wildman–Crippen LogP) is 5.08. The standard InChI is InChI=1S/C22H18O3/c1-24-22(17-10-4-2-5-11-17,18-12-6-3-7-13-18)20-15-16-9-8-14-19(23)21(16)25-20/h2-15,23H,1H3. The average molecular weight is 330 g/mol. The molecule has 0 aliphatic heterocycles. The van der Waals surface area contributed by atoms with Crippen LogP contribution in [0.3, 0.4) is 0 Å². The fourth-order valence-corrected chi connectivity index (χ4v) is 3.35. The Labute approximate surface area is 146 Å². The van der Waals surface area contributed by atoms with Crippen LogP contribution in [-0.2, 0) is 10.3 Å². The molecule has 4 rings (SSSR count). The second-order valence-corrected chi connectivity index (χ2v) is 5.92. The molecular formula is C22H18O3. The number of fused-ring (bicyclic) bond motifs is 1. The van der Waals surface area contributed by atoms with Crippen molar-refractivity contribution in [2.45, 2.75) is 5.60 Å². The second-order valence-electron chi connectivity index (χ2n) is 5.92. The van der Waals surface area contributed by atoms with Gasteiger partial charge in [-0.05, 0) is 23.3 Å². The Morgan fingerprint density at radius 2 is 1.40 bits per heavy atom. The summed E-state index contributed by atoms with van der Waals surface area (Å²) in [5, 5.41) is 11.0. The Bertz CT molecular complexity index is 948. The smallest absolute Gasteiger partial charge is 0.176 e. The number of aromatic hydroxyl groups is 1. The normalized spacial score (nSPS) is 11.7. The van der Waals surface area contributed by atoms with Crippen LogP contribution in [0.4, 0.5) is 0 Å². The number of methoxy groups -OCH3 is 1. The number of para-hydroxylation sites is 1. The zero-order valence-corrected chi connectivity index (χ0v) is 13.8. The van der Waals surface area contributed by atoms with Gasteiger partial charge in [0.05, 0.1) is 0 Å². The van der Waals surface area contributed by atoms with Crippen LogP contribution >= 0.6 is 0 Å². The zero-order chi connectivity index (χ0) is 17.3. The predicted molar refractivity (Wildman–Crippen MR) is 97.7 cm³/mol. The molecule has 0 unspecified atom stereocenters. The van der Waals surface area contributed by atoms with Crippen LogP contribution in [0, 0.1) is 0 Å². The van der Waals surface area contributed by atoms with Crippen molar-refractivity contribution >= 4 is 11.0 Å². The molecule has 1 heterocycles. The number of furan rings is 1. The first-order chi connectivity index (χ1) is 12.3. The van der Waals surface area contributed by atoms with Crippen molar-refractivity contribution in [2.24, 2.45) is 0 Å². The molecule has 0 radical (unpaired) electrons. The number of rotatable bonds is 4. The van der Waals surface area contributed by atoms with Gasteiger partial charge in [-0.3, -0.25) is 0 Å². The van der Waals surface area contributed by atoms with E-state index in [4.69, 9.17) is 9.15 Å². The molecule has 25 heavy (non-hydrogen) atoms. The van der Waals surface area contributed by atoms with Gasteiger partial charge >= 0.3 is 0 Å². The minimum absolute atomic E-state index is 0.120. The summed E-state index contributed by atoms with van der Waals surface area (Å²) in [6, 6.07) is 27.2. The second kappa shape index (κ2) is 6.11. The maximum Gasteiger partial charge on any atom is 0.176 e. The first-order valence-corrected chi connectivity index (χ1v) is 8.14. The molecule has 124 valence electrons. The van der Waals surface area contributed by atoms with Crippen molar-refractivity contribution in [3.63, 3.8) is 0 Å². The molecular weight excluding hydrogens is 312 g/mol. The van der Waals surface area contributed by atoms with Crippen molar-refractivity contribution in [2.75, 3.05) is 7.11 Å². The molecule has 3 aromatic carbocycles. The summed E-state index contributed by atoms with van der Waals surface area (Å²) >= 11 is 0. The quantitative estimate of drug-likeness (QED) is 0.567. The van der Waals surface area contributed by atoms with E-state index in [9.17, 15) is 5.11 Å². The lowest BCUT2D eigenvalue weighted by Gasteiger charge is -2.31. The van der Waals surface area contributed by atoms with Gasteiger partial charge in [0.1, 0.15) is 5.76 Å². The van der Waals surface area contributed by atoms with Gasteiger partial charge < -0.3 is 14.3 Å². The van der Waals surface area contributed by atoms with Gasteiger partial charge in [-0.25, -0.2) is 0 Å². The van der Waals surface area contributed by atoms with Gasteiger partial charge in [0.2, 0.25) is 0 Å². The third-order valence-corrected chi connectivity index (χ3v) is 4.54. The minimum Gasteiger partial charge on any atom is -0.504 e. The highest BCUT2D eigenvalue weighted by Crippen LogP contribution is 2.43. The molecule has 1 N–H and O–H groups in total. The van der Waals surface area contributed by atoms with Crippen LogP contribution in [-0.4, -0.2) is 12.2 Å². The maximum absolute atomic E-state index is 10.1. The van der Waals surface area contributed by atoms with E-state index < -0.39 is 5.60 Å². The molecule has 3 nitrogen and oxygen atoms in total. The third-order valence-electron chi connectivity index (χ3n) is 4.54. The molecule has 3 heteroatoms. The molecule has 0 aliphatic rings. The summed E-state index contributed by atoms with van der Waals surface area (Å²) in [5.74, 6) is 0.749. The Balaban J connectivity index is 2.04. The first kappa shape index (κ1) is 15.5. The number of hydrogen-bond donors (Lipinski definition) is 1. The van der Waals surface area contributed by atoms with Crippen molar-refractivity contribution in [3.8, 4) is 5.75 Å². The molecule has 0 fully saturated rings. The highest BCUT2D eigenvalue weighted by molar-refractivity contribution is 5.84. The van der Waals surface area contributed by atoms with E-state index in [2.05, 4.69) is 0 Å². The van der Waals surface area contributed by atoms with E-state index in [1.165, 1.54) is 0 Å². The van der Waals surface area contributed by atoms with Crippen molar-refractivity contribution in [1.82, 2.24) is 0 Å². The van der Waals surface area contributed by atoms with E-state index in [0.717, 1.165) is 16.5 Å². The fraction of sp³-hybridized carbons (Fsp3) is 0.0909. The third kappa shape index (κ3) is 2.41. The Kier molecular flexibility index (Phi) is 3.79. The van der Waals surface area contributed by atoms with Gasteiger partial charge in [0, 0.05) is 12.5 Å². The number of ether oxygens (including phenoxy) is 1. The summed E-state index contributed by atoms with van der Waals surface area (Å²) in [5.41, 5.74) is 1.49. The molecule has 4 aromatic rings. The minimum atomic E-state index is -0.895. The van der Waals surface area contributed by atoms with Gasteiger partial charge in [-0.1, -0.05) is 72.8 Å². The lowest BCUT2D eigenvalue weighted by atomic mass is 9.84. The van der Waals surface area contributed by atoms with Crippen molar-refractivity contribution in [3.05, 3.63) is 102 Å². The van der Waals surface area contributed by atoms with Gasteiger partial charge in [0.25, 0.3) is 0 Å². The van der Waals surface area contributed by atoms with Crippen LogP contribution in [0.15, 0.2) is 89.3 Å². The van der Waals surface area contributed by atoms with E-state index in [1.54, 1.807) is 19.2 Å². The Morgan fingerprint density at radius 1 is 0.800 bits per heavy atom. The largest absolute Gasteiger partial charge is 0.504 e. The molecule has 0 spiro atoms. The summed E-state index contributed by atoms with van der Waals surface area (Å²) in [7, 11) is 1.67. The zero-order valence-electron chi connectivity index (χ0n) is 13.8. The SMILES string of the molecule is COC(c1ccccc1)(c1ccccc1)c1cc2cccc(O)c2o1. The average Bonchev–Trinajstić information content (AvgIpc) is 3.11. The highest BCUT2D eigenvalue weighted by Gasteiger charge is 2.40. The lowest BCUT2D eigenvalue weighted by Crippen LogP contribution is -2.31. The maximum atomic E-state index is 10.1. The van der Waals surface area contributed by atoms with Gasteiger partial charge in [-0.15, -0.1) is 0 Å². The summed E-state index contributed by atoms with van der Waals surface area (Å²) < 4.78 is 12.2. The number of phenols is 1. The van der Waals surface area contributed by atoms with Crippen molar-refractivity contribution < 1.29 is 14.3 Å². The van der Waals surface area contributed by atoms with Crippen LogP contribution in [0.25, 0.3) is 11.0 Å². The molecule has 0 bridgehead atoms. The summed E-state index contributed by atoms with van der Waals surface area (Å²) in [6.07, 6.45) is 0.